The maximum atomic E-state index is 9.56. The normalized spacial score (nSPS) is 11.3. The minimum atomic E-state index is 0.609. The van der Waals surface area contributed by atoms with Gasteiger partial charge in [-0.05, 0) is 41.1 Å². The van der Waals surface area contributed by atoms with Crippen LogP contribution in [-0.2, 0) is 0 Å². The maximum absolute atomic E-state index is 9.56. The summed E-state index contributed by atoms with van der Waals surface area (Å²) in [4.78, 5) is 5.80. The second-order valence-corrected chi connectivity index (χ2v) is 7.92. The zero-order valence-electron chi connectivity index (χ0n) is 14.7. The highest BCUT2D eigenvalue weighted by molar-refractivity contribution is 7.12. The molecule has 27 heavy (non-hydrogen) atoms. The summed E-state index contributed by atoms with van der Waals surface area (Å²) in [5.41, 5.74) is 6.13. The van der Waals surface area contributed by atoms with Crippen molar-refractivity contribution in [3.63, 3.8) is 0 Å². The highest BCUT2D eigenvalue weighted by atomic mass is 32.1. The van der Waals surface area contributed by atoms with E-state index in [4.69, 9.17) is 4.98 Å². The van der Waals surface area contributed by atoms with Crippen LogP contribution in [0.15, 0.2) is 71.4 Å². The molecule has 0 aliphatic heterocycles. The Morgan fingerprint density at radius 2 is 1.63 bits per heavy atom. The molecule has 0 fully saturated rings. The second-order valence-electron chi connectivity index (χ2n) is 6.12. The zero-order chi connectivity index (χ0) is 18.6. The van der Waals surface area contributed by atoms with Gasteiger partial charge in [-0.15, -0.1) is 22.7 Å². The Hall–Kier alpha value is -3.00. The van der Waals surface area contributed by atoms with Crippen LogP contribution >= 0.6 is 22.7 Å². The van der Waals surface area contributed by atoms with Gasteiger partial charge in [-0.3, -0.25) is 0 Å². The summed E-state index contributed by atoms with van der Waals surface area (Å²) in [6.07, 6.45) is 1.93. The number of aryl methyl sites for hydroxylation is 1. The summed E-state index contributed by atoms with van der Waals surface area (Å²) in [6, 6.07) is 23.1. The van der Waals surface area contributed by atoms with E-state index in [1.807, 2.05) is 35.0 Å². The van der Waals surface area contributed by atoms with Gasteiger partial charge >= 0.3 is 0 Å². The minimum Gasteiger partial charge on any atom is -0.235 e. The molecule has 4 heteroatoms. The summed E-state index contributed by atoms with van der Waals surface area (Å²) in [5, 5.41) is 14.4. The van der Waals surface area contributed by atoms with Crippen molar-refractivity contribution >= 4 is 34.3 Å². The Kier molecular flexibility index (Phi) is 4.97. The molecule has 130 valence electrons. The minimum absolute atomic E-state index is 0.609. The van der Waals surface area contributed by atoms with Crippen molar-refractivity contribution in [2.45, 2.75) is 6.92 Å². The largest absolute Gasteiger partial charge is 0.235 e. The van der Waals surface area contributed by atoms with E-state index >= 15 is 0 Å². The molecule has 0 spiro atoms. The van der Waals surface area contributed by atoms with Crippen LogP contribution in [0.4, 0.5) is 0 Å². The number of nitrogens with zero attached hydrogens (tertiary/aromatic N) is 2. The van der Waals surface area contributed by atoms with E-state index < -0.39 is 0 Å². The summed E-state index contributed by atoms with van der Waals surface area (Å²) in [5.74, 6) is 0. The first kappa shape index (κ1) is 17.4. The van der Waals surface area contributed by atoms with Gasteiger partial charge in [-0.25, -0.2) is 4.98 Å². The number of benzene rings is 2. The van der Waals surface area contributed by atoms with Gasteiger partial charge in [0.15, 0.2) is 0 Å². The number of rotatable bonds is 4. The molecule has 0 amide bonds. The van der Waals surface area contributed by atoms with E-state index in [0.29, 0.717) is 5.57 Å². The molecule has 0 N–H and O–H groups in total. The van der Waals surface area contributed by atoms with Gasteiger partial charge in [-0.2, -0.15) is 5.26 Å². The van der Waals surface area contributed by atoms with E-state index in [9.17, 15) is 5.26 Å². The van der Waals surface area contributed by atoms with E-state index in [1.54, 1.807) is 11.3 Å². The molecular formula is C23H16N2S2. The van der Waals surface area contributed by atoms with Gasteiger partial charge in [0.1, 0.15) is 11.1 Å². The van der Waals surface area contributed by atoms with Crippen molar-refractivity contribution in [2.75, 3.05) is 0 Å². The fraction of sp³-hybridized carbons (Fsp3) is 0.0435. The lowest BCUT2D eigenvalue weighted by Gasteiger charge is -2.02. The third kappa shape index (κ3) is 3.75. The number of hydrogen-bond donors (Lipinski definition) is 0. The standard InChI is InChI=1S/C23H16N2S2/c1-16-11-12-26-22(16)13-20(14-24)23-25-21(15-27-23)19-9-7-18(8-10-19)17-5-3-2-4-6-17/h2-13,15H,1H3/b20-13+. The molecular weight excluding hydrogens is 368 g/mol. The SMILES string of the molecule is Cc1ccsc1/C=C(\C#N)c1nc(-c2ccc(-c3ccccc3)cc2)cs1. The molecule has 4 aromatic rings. The first-order valence-electron chi connectivity index (χ1n) is 8.52. The summed E-state index contributed by atoms with van der Waals surface area (Å²) >= 11 is 3.15. The number of thiazole rings is 1. The molecule has 0 radical (unpaired) electrons. The lowest BCUT2D eigenvalue weighted by molar-refractivity contribution is 1.37. The first-order valence-corrected chi connectivity index (χ1v) is 10.3. The predicted molar refractivity (Wildman–Crippen MR) is 116 cm³/mol. The molecule has 2 aromatic carbocycles. The lowest BCUT2D eigenvalue weighted by atomic mass is 10.0. The van der Waals surface area contributed by atoms with E-state index in [1.165, 1.54) is 28.0 Å². The molecule has 2 heterocycles. The van der Waals surface area contributed by atoms with Crippen molar-refractivity contribution < 1.29 is 0 Å². The van der Waals surface area contributed by atoms with Crippen molar-refractivity contribution in [1.29, 1.82) is 5.26 Å². The van der Waals surface area contributed by atoms with Gasteiger partial charge in [0, 0.05) is 15.8 Å². The summed E-state index contributed by atoms with van der Waals surface area (Å²) < 4.78 is 0. The van der Waals surface area contributed by atoms with Crippen LogP contribution in [0.2, 0.25) is 0 Å². The number of aromatic nitrogens is 1. The second kappa shape index (κ2) is 7.71. The van der Waals surface area contributed by atoms with Crippen LogP contribution in [0.25, 0.3) is 34.0 Å². The van der Waals surface area contributed by atoms with Crippen molar-refractivity contribution in [3.8, 4) is 28.5 Å². The first-order chi connectivity index (χ1) is 13.2. The van der Waals surface area contributed by atoms with E-state index in [2.05, 4.69) is 55.5 Å². The molecule has 0 unspecified atom stereocenters. The molecule has 0 aliphatic carbocycles. The maximum Gasteiger partial charge on any atom is 0.134 e. The lowest BCUT2D eigenvalue weighted by Crippen LogP contribution is -1.83. The monoisotopic (exact) mass is 384 g/mol. The van der Waals surface area contributed by atoms with Crippen molar-refractivity contribution in [3.05, 3.63) is 86.9 Å². The number of nitriles is 1. The molecule has 0 atom stereocenters. The van der Waals surface area contributed by atoms with Crippen LogP contribution in [-0.4, -0.2) is 4.98 Å². The Bertz CT molecular complexity index is 1130. The molecule has 0 saturated heterocycles. The van der Waals surface area contributed by atoms with Crippen LogP contribution < -0.4 is 0 Å². The van der Waals surface area contributed by atoms with E-state index in [0.717, 1.165) is 21.1 Å². The van der Waals surface area contributed by atoms with Gasteiger partial charge < -0.3 is 0 Å². The van der Waals surface area contributed by atoms with Crippen molar-refractivity contribution in [2.24, 2.45) is 0 Å². The van der Waals surface area contributed by atoms with Crippen LogP contribution in [0.1, 0.15) is 15.4 Å². The highest BCUT2D eigenvalue weighted by Gasteiger charge is 2.10. The molecule has 4 rings (SSSR count). The van der Waals surface area contributed by atoms with Gasteiger partial charge in [0.05, 0.1) is 11.3 Å². The van der Waals surface area contributed by atoms with Crippen LogP contribution in [0, 0.1) is 18.3 Å². The smallest absolute Gasteiger partial charge is 0.134 e. The predicted octanol–water partition coefficient (Wildman–Crippen LogP) is 6.91. The number of thiophene rings is 1. The average Bonchev–Trinajstić information content (AvgIpc) is 3.36. The molecule has 0 aliphatic rings. The van der Waals surface area contributed by atoms with Crippen LogP contribution in [0.3, 0.4) is 0 Å². The quantitative estimate of drug-likeness (QED) is 0.358. The zero-order valence-corrected chi connectivity index (χ0v) is 16.3. The van der Waals surface area contributed by atoms with Crippen LogP contribution in [0.5, 0.6) is 0 Å². The number of hydrogen-bond acceptors (Lipinski definition) is 4. The molecule has 2 nitrogen and oxygen atoms in total. The number of allylic oxidation sites excluding steroid dienone is 1. The highest BCUT2D eigenvalue weighted by Crippen LogP contribution is 2.30. The topological polar surface area (TPSA) is 36.7 Å². The van der Waals surface area contributed by atoms with Gasteiger partial charge in [-0.1, -0.05) is 54.6 Å². The Morgan fingerprint density at radius 3 is 2.30 bits per heavy atom. The summed E-state index contributed by atoms with van der Waals surface area (Å²) in [7, 11) is 0. The fourth-order valence-corrected chi connectivity index (χ4v) is 4.45. The molecule has 2 aromatic heterocycles. The Morgan fingerprint density at radius 1 is 0.926 bits per heavy atom. The molecule has 0 bridgehead atoms. The summed E-state index contributed by atoms with van der Waals surface area (Å²) in [6.45, 7) is 2.05. The third-order valence-electron chi connectivity index (χ3n) is 4.32. The fourth-order valence-electron chi connectivity index (χ4n) is 2.80. The average molecular weight is 385 g/mol. The van der Waals surface area contributed by atoms with Gasteiger partial charge in [0.2, 0.25) is 0 Å². The Balaban J connectivity index is 1.62. The van der Waals surface area contributed by atoms with E-state index in [-0.39, 0.29) is 0 Å². The molecule has 0 saturated carbocycles. The third-order valence-corrected chi connectivity index (χ3v) is 6.16. The Labute approximate surface area is 166 Å². The van der Waals surface area contributed by atoms with Crippen molar-refractivity contribution in [1.82, 2.24) is 4.98 Å². The van der Waals surface area contributed by atoms with Gasteiger partial charge in [0.25, 0.3) is 0 Å².